The third-order valence-corrected chi connectivity index (χ3v) is 1.61. The van der Waals surface area contributed by atoms with E-state index in [1.807, 2.05) is 0 Å². The van der Waals surface area contributed by atoms with Crippen LogP contribution in [0.4, 0.5) is 5.69 Å². The first-order chi connectivity index (χ1) is 5.79. The number of nitrogen functional groups attached to an aromatic ring is 1. The summed E-state index contributed by atoms with van der Waals surface area (Å²) in [5.41, 5.74) is 7.16. The molecule has 0 aliphatic heterocycles. The summed E-state index contributed by atoms with van der Waals surface area (Å²) in [5, 5.41) is 0. The monoisotopic (exact) mass is 166 g/mol. The Morgan fingerprint density at radius 3 is 2.58 bits per heavy atom. The fraction of sp³-hybridized carbons (Fsp3) is 0.333. The maximum atomic E-state index is 5.69. The highest BCUT2D eigenvalue weighted by atomic mass is 16.7. The molecule has 0 aliphatic rings. The molecule has 0 unspecified atom stereocenters. The first kappa shape index (κ1) is 9.03. The fourth-order valence-corrected chi connectivity index (χ4v) is 1.01. The van der Waals surface area contributed by atoms with E-state index in [4.69, 9.17) is 15.2 Å². The van der Waals surface area contributed by atoms with Gasteiger partial charge in [0.05, 0.1) is 0 Å². The van der Waals surface area contributed by atoms with Gasteiger partial charge >= 0.3 is 0 Å². The van der Waals surface area contributed by atoms with Crippen LogP contribution < -0.4 is 5.73 Å². The lowest BCUT2D eigenvalue weighted by Gasteiger charge is -2.14. The van der Waals surface area contributed by atoms with Gasteiger partial charge in [-0.15, -0.1) is 0 Å². The van der Waals surface area contributed by atoms with Crippen molar-refractivity contribution in [2.45, 2.75) is 6.29 Å². The van der Waals surface area contributed by atoms with Crippen LogP contribution >= 0.6 is 0 Å². The predicted octanol–water partition coefficient (Wildman–Crippen LogP) is 1.36. The molecule has 1 radical (unpaired) electrons. The number of anilines is 1. The summed E-state index contributed by atoms with van der Waals surface area (Å²) in [6.45, 7) is 0. The standard InChI is InChI=1S/C9H12NO2/c1-11-9(12-2)7-5-3-4-6-8(7)10/h4-6,9H,10H2,1-2H3. The molecule has 65 valence electrons. The smallest absolute Gasteiger partial charge is 0.185 e. The molecular formula is C9H12NO2. The molecule has 3 nitrogen and oxygen atoms in total. The third kappa shape index (κ3) is 1.75. The van der Waals surface area contributed by atoms with Crippen LogP contribution in [0.15, 0.2) is 18.2 Å². The van der Waals surface area contributed by atoms with E-state index >= 15 is 0 Å². The number of benzene rings is 1. The minimum Gasteiger partial charge on any atom is -0.398 e. The van der Waals surface area contributed by atoms with E-state index in [2.05, 4.69) is 6.07 Å². The second-order valence-electron chi connectivity index (χ2n) is 2.36. The Kier molecular flexibility index (Phi) is 3.08. The molecule has 0 bridgehead atoms. The summed E-state index contributed by atoms with van der Waals surface area (Å²) in [4.78, 5) is 0. The van der Waals surface area contributed by atoms with Crippen LogP contribution in [-0.2, 0) is 9.47 Å². The molecular weight excluding hydrogens is 154 g/mol. The zero-order valence-electron chi connectivity index (χ0n) is 7.20. The Bertz CT molecular complexity index is 246. The maximum Gasteiger partial charge on any atom is 0.185 e. The number of ether oxygens (including phenoxy) is 2. The Labute approximate surface area is 72.1 Å². The van der Waals surface area contributed by atoms with E-state index in [1.165, 1.54) is 0 Å². The SMILES string of the molecule is COC(OC)c1c[c]ccc1N. The highest BCUT2D eigenvalue weighted by molar-refractivity contribution is 5.46. The largest absolute Gasteiger partial charge is 0.398 e. The van der Waals surface area contributed by atoms with Gasteiger partial charge in [0.25, 0.3) is 0 Å². The van der Waals surface area contributed by atoms with Gasteiger partial charge < -0.3 is 15.2 Å². The van der Waals surface area contributed by atoms with Crippen LogP contribution in [0.5, 0.6) is 0 Å². The van der Waals surface area contributed by atoms with E-state index in [0.717, 1.165) is 5.56 Å². The summed E-state index contributed by atoms with van der Waals surface area (Å²) in [6.07, 6.45) is -0.401. The van der Waals surface area contributed by atoms with E-state index in [9.17, 15) is 0 Å². The van der Waals surface area contributed by atoms with Crippen molar-refractivity contribution in [3.05, 3.63) is 29.8 Å². The summed E-state index contributed by atoms with van der Waals surface area (Å²) >= 11 is 0. The average Bonchev–Trinajstić information content (AvgIpc) is 2.10. The van der Waals surface area contributed by atoms with Crippen molar-refractivity contribution in [3.8, 4) is 0 Å². The van der Waals surface area contributed by atoms with Gasteiger partial charge in [-0.05, 0) is 18.2 Å². The van der Waals surface area contributed by atoms with Crippen molar-refractivity contribution < 1.29 is 9.47 Å². The minimum absolute atomic E-state index is 0.401. The van der Waals surface area contributed by atoms with Crippen molar-refractivity contribution in [2.24, 2.45) is 0 Å². The van der Waals surface area contributed by atoms with E-state index in [1.54, 1.807) is 32.4 Å². The topological polar surface area (TPSA) is 44.5 Å². The van der Waals surface area contributed by atoms with Crippen molar-refractivity contribution in [1.29, 1.82) is 0 Å². The zero-order chi connectivity index (χ0) is 8.97. The molecule has 0 spiro atoms. The third-order valence-electron chi connectivity index (χ3n) is 1.61. The summed E-state index contributed by atoms with van der Waals surface area (Å²) in [7, 11) is 3.14. The average molecular weight is 166 g/mol. The van der Waals surface area contributed by atoms with Crippen LogP contribution in [0.1, 0.15) is 11.9 Å². The first-order valence-electron chi connectivity index (χ1n) is 3.60. The predicted molar refractivity (Wildman–Crippen MR) is 46.4 cm³/mol. The molecule has 1 aromatic carbocycles. The second-order valence-corrected chi connectivity index (χ2v) is 2.36. The van der Waals surface area contributed by atoms with Gasteiger partial charge in [0.15, 0.2) is 6.29 Å². The molecule has 3 heteroatoms. The van der Waals surface area contributed by atoms with Crippen LogP contribution in [0.2, 0.25) is 0 Å². The Morgan fingerprint density at radius 2 is 2.08 bits per heavy atom. The Hall–Kier alpha value is -1.06. The number of hydrogen-bond acceptors (Lipinski definition) is 3. The number of rotatable bonds is 3. The molecule has 0 saturated carbocycles. The van der Waals surface area contributed by atoms with Crippen molar-refractivity contribution in [1.82, 2.24) is 0 Å². The van der Waals surface area contributed by atoms with E-state index < -0.39 is 6.29 Å². The summed E-state index contributed by atoms with van der Waals surface area (Å²) in [6, 6.07) is 8.18. The van der Waals surface area contributed by atoms with Gasteiger partial charge in [0, 0.05) is 25.5 Å². The molecule has 1 aromatic rings. The maximum absolute atomic E-state index is 5.69. The fourth-order valence-electron chi connectivity index (χ4n) is 1.01. The van der Waals surface area contributed by atoms with Crippen LogP contribution in [0.25, 0.3) is 0 Å². The molecule has 0 aliphatic carbocycles. The summed E-state index contributed by atoms with van der Waals surface area (Å²) < 4.78 is 10.1. The molecule has 12 heavy (non-hydrogen) atoms. The highest BCUT2D eigenvalue weighted by Gasteiger charge is 2.10. The highest BCUT2D eigenvalue weighted by Crippen LogP contribution is 2.22. The Morgan fingerprint density at radius 1 is 1.42 bits per heavy atom. The van der Waals surface area contributed by atoms with Gasteiger partial charge in [0.1, 0.15) is 0 Å². The van der Waals surface area contributed by atoms with Gasteiger partial charge in [-0.25, -0.2) is 0 Å². The van der Waals surface area contributed by atoms with Crippen molar-refractivity contribution in [2.75, 3.05) is 20.0 Å². The van der Waals surface area contributed by atoms with Crippen LogP contribution in [0.3, 0.4) is 0 Å². The lowest BCUT2D eigenvalue weighted by Crippen LogP contribution is -2.06. The number of nitrogens with two attached hydrogens (primary N) is 1. The molecule has 0 fully saturated rings. The molecule has 0 amide bonds. The van der Waals surface area contributed by atoms with Crippen molar-refractivity contribution >= 4 is 5.69 Å². The zero-order valence-corrected chi connectivity index (χ0v) is 7.20. The van der Waals surface area contributed by atoms with Gasteiger partial charge in [-0.3, -0.25) is 0 Å². The molecule has 1 rings (SSSR count). The van der Waals surface area contributed by atoms with Gasteiger partial charge in [-0.2, -0.15) is 0 Å². The first-order valence-corrected chi connectivity index (χ1v) is 3.60. The van der Waals surface area contributed by atoms with E-state index in [0.29, 0.717) is 5.69 Å². The molecule has 0 saturated heterocycles. The van der Waals surface area contributed by atoms with Crippen molar-refractivity contribution in [3.63, 3.8) is 0 Å². The molecule has 0 aromatic heterocycles. The molecule has 2 N–H and O–H groups in total. The second kappa shape index (κ2) is 4.09. The lowest BCUT2D eigenvalue weighted by atomic mass is 10.2. The number of hydrogen-bond donors (Lipinski definition) is 1. The minimum atomic E-state index is -0.401. The normalized spacial score (nSPS) is 10.6. The summed E-state index contributed by atoms with van der Waals surface area (Å²) in [5.74, 6) is 0. The molecule has 0 atom stereocenters. The molecule has 0 heterocycles. The van der Waals surface area contributed by atoms with Gasteiger partial charge in [-0.1, -0.05) is 6.07 Å². The van der Waals surface area contributed by atoms with E-state index in [-0.39, 0.29) is 0 Å². The quantitative estimate of drug-likeness (QED) is 0.544. The van der Waals surface area contributed by atoms with Crippen LogP contribution in [0, 0.1) is 6.07 Å². The van der Waals surface area contributed by atoms with Gasteiger partial charge in [0.2, 0.25) is 0 Å². The lowest BCUT2D eigenvalue weighted by molar-refractivity contribution is -0.105. The van der Waals surface area contributed by atoms with Crippen LogP contribution in [-0.4, -0.2) is 14.2 Å². The number of methoxy groups -OCH3 is 2. The Balaban J connectivity index is 2.92.